The van der Waals surface area contributed by atoms with Crippen LogP contribution in [0.15, 0.2) is 53.4 Å². The Labute approximate surface area is 157 Å². The molecule has 2 aliphatic rings. The van der Waals surface area contributed by atoms with E-state index in [4.69, 9.17) is 0 Å². The van der Waals surface area contributed by atoms with Crippen LogP contribution < -0.4 is 10.2 Å². The van der Waals surface area contributed by atoms with E-state index >= 15 is 0 Å². The molecule has 0 aromatic heterocycles. The van der Waals surface area contributed by atoms with Crippen LogP contribution in [-0.4, -0.2) is 44.2 Å². The molecule has 2 aliphatic heterocycles. The quantitative estimate of drug-likeness (QED) is 0.871. The van der Waals surface area contributed by atoms with E-state index in [0.29, 0.717) is 9.99 Å². The minimum Gasteiger partial charge on any atom is -0.370 e. The van der Waals surface area contributed by atoms with Gasteiger partial charge in [0, 0.05) is 13.1 Å². The summed E-state index contributed by atoms with van der Waals surface area (Å²) in [6, 6.07) is 13.4. The van der Waals surface area contributed by atoms with E-state index in [9.17, 15) is 18.0 Å². The molecular weight excluding hydrogens is 366 g/mol. The van der Waals surface area contributed by atoms with Crippen molar-refractivity contribution in [3.63, 3.8) is 0 Å². The predicted octanol–water partition coefficient (Wildman–Crippen LogP) is 2.07. The maximum absolute atomic E-state index is 12.6. The van der Waals surface area contributed by atoms with Crippen molar-refractivity contribution in [1.29, 1.82) is 0 Å². The number of nitrogens with one attached hydrogen (secondary N) is 1. The van der Waals surface area contributed by atoms with Gasteiger partial charge in [0.15, 0.2) is 0 Å². The average Bonchev–Trinajstić information content (AvgIpc) is 3.25. The van der Waals surface area contributed by atoms with Crippen molar-refractivity contribution in [2.24, 2.45) is 0 Å². The van der Waals surface area contributed by atoms with Crippen molar-refractivity contribution in [2.75, 3.05) is 29.9 Å². The van der Waals surface area contributed by atoms with Gasteiger partial charge in [-0.05, 0) is 37.1 Å². The Kier molecular flexibility index (Phi) is 4.35. The van der Waals surface area contributed by atoms with Gasteiger partial charge in [-0.15, -0.1) is 0 Å². The summed E-state index contributed by atoms with van der Waals surface area (Å²) in [4.78, 5) is 27.1. The Hall–Kier alpha value is -2.87. The molecule has 4 rings (SSSR count). The minimum atomic E-state index is -4.00. The lowest BCUT2D eigenvalue weighted by Crippen LogP contribution is -2.37. The minimum absolute atomic E-state index is 0.0553. The summed E-state index contributed by atoms with van der Waals surface area (Å²) >= 11 is 0. The second kappa shape index (κ2) is 6.70. The number of carbonyl (C=O) groups is 2. The first kappa shape index (κ1) is 17.5. The van der Waals surface area contributed by atoms with Crippen molar-refractivity contribution >= 4 is 33.2 Å². The summed E-state index contributed by atoms with van der Waals surface area (Å²) in [6.45, 7) is 1.28. The molecule has 27 heavy (non-hydrogen) atoms. The highest BCUT2D eigenvalue weighted by Crippen LogP contribution is 2.31. The molecule has 0 spiro atoms. The van der Waals surface area contributed by atoms with Crippen LogP contribution in [0, 0.1) is 0 Å². The molecule has 140 valence electrons. The van der Waals surface area contributed by atoms with Gasteiger partial charge in [-0.25, -0.2) is 12.7 Å². The zero-order valence-corrected chi connectivity index (χ0v) is 15.4. The fourth-order valence-corrected chi connectivity index (χ4v) is 5.05. The highest BCUT2D eigenvalue weighted by molar-refractivity contribution is 7.90. The average molecular weight is 385 g/mol. The summed E-state index contributed by atoms with van der Waals surface area (Å²) in [6.07, 6.45) is 2.20. The van der Waals surface area contributed by atoms with Crippen LogP contribution in [0.4, 0.5) is 11.4 Å². The zero-order chi connectivity index (χ0) is 19.0. The summed E-state index contributed by atoms with van der Waals surface area (Å²) in [5.74, 6) is -1.22. The number of hydrogen-bond donors (Lipinski definition) is 1. The van der Waals surface area contributed by atoms with Gasteiger partial charge in [-0.2, -0.15) is 0 Å². The fourth-order valence-electron chi connectivity index (χ4n) is 3.52. The van der Waals surface area contributed by atoms with E-state index in [-0.39, 0.29) is 10.5 Å². The second-order valence-electron chi connectivity index (χ2n) is 6.57. The molecule has 0 radical (unpaired) electrons. The Morgan fingerprint density at radius 2 is 1.67 bits per heavy atom. The molecular formula is C19H19N3O4S. The van der Waals surface area contributed by atoms with Crippen LogP contribution >= 0.6 is 0 Å². The monoisotopic (exact) mass is 385 g/mol. The van der Waals surface area contributed by atoms with Crippen molar-refractivity contribution in [3.8, 4) is 0 Å². The topological polar surface area (TPSA) is 86.8 Å². The number of sulfonamides is 1. The molecule has 2 aromatic carbocycles. The number of rotatable bonds is 4. The van der Waals surface area contributed by atoms with Gasteiger partial charge in [-0.3, -0.25) is 9.59 Å². The van der Waals surface area contributed by atoms with Crippen molar-refractivity contribution in [2.45, 2.75) is 17.7 Å². The van der Waals surface area contributed by atoms with E-state index in [1.807, 2.05) is 18.2 Å². The Morgan fingerprint density at radius 1 is 1.00 bits per heavy atom. The molecule has 0 atom stereocenters. The lowest BCUT2D eigenvalue weighted by atomic mass is 10.2. The van der Waals surface area contributed by atoms with Crippen LogP contribution in [0.25, 0.3) is 0 Å². The lowest BCUT2D eigenvalue weighted by Gasteiger charge is -2.22. The number of anilines is 2. The van der Waals surface area contributed by atoms with Crippen LogP contribution in [0.1, 0.15) is 23.2 Å². The number of hydrogen-bond acceptors (Lipinski definition) is 5. The Balaban J connectivity index is 1.54. The number of para-hydroxylation sites is 2. The largest absolute Gasteiger partial charge is 0.370 e. The van der Waals surface area contributed by atoms with Crippen molar-refractivity contribution < 1.29 is 18.0 Å². The standard InChI is InChI=1S/C19H19N3O4S/c23-18(20-15-8-2-3-9-16(15)21-11-5-6-12-21)13-22-19(24)14-7-1-4-10-17(14)27(22,25)26/h1-4,7-10H,5-6,11-13H2,(H,20,23). The highest BCUT2D eigenvalue weighted by atomic mass is 32.2. The van der Waals surface area contributed by atoms with Crippen LogP contribution in [0.2, 0.25) is 0 Å². The van der Waals surface area contributed by atoms with Crippen LogP contribution in [0.3, 0.4) is 0 Å². The summed E-state index contributed by atoms with van der Waals surface area (Å²) in [7, 11) is -4.00. The van der Waals surface area contributed by atoms with E-state index in [0.717, 1.165) is 31.6 Å². The highest BCUT2D eigenvalue weighted by Gasteiger charge is 2.41. The molecule has 2 aromatic rings. The molecule has 2 heterocycles. The molecule has 2 amide bonds. The molecule has 0 saturated carbocycles. The van der Waals surface area contributed by atoms with Gasteiger partial charge in [-0.1, -0.05) is 24.3 Å². The maximum Gasteiger partial charge on any atom is 0.269 e. The van der Waals surface area contributed by atoms with Gasteiger partial charge in [0.05, 0.1) is 16.9 Å². The smallest absolute Gasteiger partial charge is 0.269 e. The lowest BCUT2D eigenvalue weighted by molar-refractivity contribution is -0.116. The normalized spacial score (nSPS) is 17.9. The molecule has 1 fully saturated rings. The summed E-state index contributed by atoms with van der Waals surface area (Å²) < 4.78 is 25.8. The van der Waals surface area contributed by atoms with E-state index in [1.54, 1.807) is 18.2 Å². The van der Waals surface area contributed by atoms with Gasteiger partial charge in [0.2, 0.25) is 5.91 Å². The second-order valence-corrected chi connectivity index (χ2v) is 8.40. The first-order valence-electron chi connectivity index (χ1n) is 8.78. The molecule has 0 unspecified atom stereocenters. The van der Waals surface area contributed by atoms with E-state index < -0.39 is 28.4 Å². The maximum atomic E-state index is 12.6. The number of nitrogens with zero attached hydrogens (tertiary/aromatic N) is 2. The molecule has 7 nitrogen and oxygen atoms in total. The number of benzene rings is 2. The summed E-state index contributed by atoms with van der Waals surface area (Å²) in [5.41, 5.74) is 1.62. The molecule has 8 heteroatoms. The number of fused-ring (bicyclic) bond motifs is 1. The third-order valence-electron chi connectivity index (χ3n) is 4.82. The Morgan fingerprint density at radius 3 is 2.41 bits per heavy atom. The Bertz CT molecular complexity index is 1010. The van der Waals surface area contributed by atoms with Crippen molar-refractivity contribution in [1.82, 2.24) is 4.31 Å². The van der Waals surface area contributed by atoms with Gasteiger partial charge >= 0.3 is 0 Å². The van der Waals surface area contributed by atoms with Gasteiger partial charge < -0.3 is 10.2 Å². The SMILES string of the molecule is O=C(CN1C(=O)c2ccccc2S1(=O)=O)Nc1ccccc1N1CCCC1. The van der Waals surface area contributed by atoms with Crippen LogP contribution in [0.5, 0.6) is 0 Å². The van der Waals surface area contributed by atoms with Gasteiger partial charge in [0.25, 0.3) is 15.9 Å². The van der Waals surface area contributed by atoms with Gasteiger partial charge in [0.1, 0.15) is 11.4 Å². The zero-order valence-electron chi connectivity index (χ0n) is 14.6. The fraction of sp³-hybridized carbons (Fsp3) is 0.263. The first-order chi connectivity index (χ1) is 13.0. The third kappa shape index (κ3) is 3.06. The molecule has 1 saturated heterocycles. The third-order valence-corrected chi connectivity index (χ3v) is 6.61. The molecule has 1 N–H and O–H groups in total. The van der Waals surface area contributed by atoms with E-state index in [1.165, 1.54) is 12.1 Å². The predicted molar refractivity (Wildman–Crippen MR) is 101 cm³/mol. The van der Waals surface area contributed by atoms with Crippen molar-refractivity contribution in [3.05, 3.63) is 54.1 Å². The number of carbonyl (C=O) groups excluding carboxylic acids is 2. The molecule has 0 aliphatic carbocycles. The summed E-state index contributed by atoms with van der Waals surface area (Å²) in [5, 5.41) is 2.76. The molecule has 0 bridgehead atoms. The van der Waals surface area contributed by atoms with Crippen LogP contribution in [-0.2, 0) is 14.8 Å². The van der Waals surface area contributed by atoms with E-state index in [2.05, 4.69) is 10.2 Å². The first-order valence-corrected chi connectivity index (χ1v) is 10.2. The number of amides is 2.